The van der Waals surface area contributed by atoms with E-state index >= 15 is 0 Å². The van der Waals surface area contributed by atoms with Crippen LogP contribution in [0.5, 0.6) is 23.0 Å². The monoisotopic (exact) mass is 348 g/mol. The first-order valence-corrected chi connectivity index (χ1v) is 8.51. The number of ketones is 1. The van der Waals surface area contributed by atoms with Crippen LogP contribution in [-0.2, 0) is 4.79 Å². The summed E-state index contributed by atoms with van der Waals surface area (Å²) in [5.74, 6) is 3.03. The first-order valence-electron chi connectivity index (χ1n) is 8.51. The lowest BCUT2D eigenvalue weighted by atomic mass is 10.1. The van der Waals surface area contributed by atoms with Gasteiger partial charge in [0.25, 0.3) is 0 Å². The lowest BCUT2D eigenvalue weighted by Gasteiger charge is -2.01. The van der Waals surface area contributed by atoms with Crippen LogP contribution in [0.1, 0.15) is 24.0 Å². The molecule has 1 aliphatic carbocycles. The molecule has 26 heavy (non-hydrogen) atoms. The number of fused-ring (bicyclic) bond motifs is 2. The maximum Gasteiger partial charge on any atom is 0.231 e. The van der Waals surface area contributed by atoms with E-state index in [4.69, 9.17) is 18.9 Å². The second kappa shape index (κ2) is 5.95. The van der Waals surface area contributed by atoms with Crippen molar-refractivity contribution in [2.24, 2.45) is 0 Å². The Balaban J connectivity index is 1.40. The molecule has 130 valence electrons. The molecule has 0 unspecified atom stereocenters. The average molecular weight is 348 g/mol. The lowest BCUT2D eigenvalue weighted by molar-refractivity contribution is -0.111. The molecule has 2 aliphatic heterocycles. The van der Waals surface area contributed by atoms with Gasteiger partial charge in [-0.3, -0.25) is 4.79 Å². The summed E-state index contributed by atoms with van der Waals surface area (Å²) in [5, 5.41) is 0. The van der Waals surface area contributed by atoms with Crippen molar-refractivity contribution in [3.63, 3.8) is 0 Å². The molecule has 2 aromatic rings. The number of carbonyl (C=O) groups excluding carboxylic acids is 1. The minimum absolute atomic E-state index is 0.0975. The molecule has 5 nitrogen and oxygen atoms in total. The Morgan fingerprint density at radius 3 is 1.62 bits per heavy atom. The molecule has 0 aromatic heterocycles. The van der Waals surface area contributed by atoms with Crippen LogP contribution >= 0.6 is 0 Å². The number of hydrogen-bond acceptors (Lipinski definition) is 5. The third-order valence-electron chi connectivity index (χ3n) is 4.72. The van der Waals surface area contributed by atoms with Crippen LogP contribution in [0.15, 0.2) is 47.5 Å². The summed E-state index contributed by atoms with van der Waals surface area (Å²) in [5.41, 5.74) is 3.52. The summed E-state index contributed by atoms with van der Waals surface area (Å²) in [6, 6.07) is 11.4. The Morgan fingerprint density at radius 2 is 1.12 bits per heavy atom. The highest BCUT2D eigenvalue weighted by Crippen LogP contribution is 2.36. The van der Waals surface area contributed by atoms with E-state index in [1.807, 2.05) is 48.6 Å². The van der Waals surface area contributed by atoms with Crippen LogP contribution in [0, 0.1) is 0 Å². The first kappa shape index (κ1) is 15.1. The van der Waals surface area contributed by atoms with Gasteiger partial charge in [0, 0.05) is 11.1 Å². The van der Waals surface area contributed by atoms with Crippen molar-refractivity contribution in [3.05, 3.63) is 58.7 Å². The van der Waals surface area contributed by atoms with Gasteiger partial charge in [0.15, 0.2) is 28.8 Å². The van der Waals surface area contributed by atoms with E-state index in [0.717, 1.165) is 58.1 Å². The van der Waals surface area contributed by atoms with Crippen molar-refractivity contribution in [3.8, 4) is 23.0 Å². The summed E-state index contributed by atoms with van der Waals surface area (Å²) >= 11 is 0. The minimum Gasteiger partial charge on any atom is -0.454 e. The van der Waals surface area contributed by atoms with Gasteiger partial charge < -0.3 is 18.9 Å². The predicted molar refractivity (Wildman–Crippen MR) is 95.3 cm³/mol. The molecular formula is C21H16O5. The molecule has 2 heterocycles. The van der Waals surface area contributed by atoms with E-state index in [9.17, 15) is 4.79 Å². The van der Waals surface area contributed by atoms with Gasteiger partial charge in [0.1, 0.15) is 0 Å². The van der Waals surface area contributed by atoms with Gasteiger partial charge in [-0.25, -0.2) is 0 Å². The van der Waals surface area contributed by atoms with Crippen molar-refractivity contribution in [2.45, 2.75) is 12.8 Å². The molecule has 0 N–H and O–H groups in total. The number of hydrogen-bond donors (Lipinski definition) is 0. The van der Waals surface area contributed by atoms with Crippen molar-refractivity contribution in [2.75, 3.05) is 13.6 Å². The largest absolute Gasteiger partial charge is 0.454 e. The molecule has 0 amide bonds. The first-order chi connectivity index (χ1) is 12.8. The fourth-order valence-electron chi connectivity index (χ4n) is 3.39. The fourth-order valence-corrected chi connectivity index (χ4v) is 3.39. The van der Waals surface area contributed by atoms with Crippen molar-refractivity contribution in [1.82, 2.24) is 0 Å². The molecule has 2 aromatic carbocycles. The van der Waals surface area contributed by atoms with Gasteiger partial charge in [-0.05, 0) is 60.4 Å². The smallest absolute Gasteiger partial charge is 0.231 e. The molecular weight excluding hydrogens is 332 g/mol. The van der Waals surface area contributed by atoms with E-state index < -0.39 is 0 Å². The quantitative estimate of drug-likeness (QED) is 0.769. The van der Waals surface area contributed by atoms with E-state index in [1.165, 1.54) is 0 Å². The van der Waals surface area contributed by atoms with Crippen molar-refractivity contribution >= 4 is 17.9 Å². The van der Waals surface area contributed by atoms with Crippen LogP contribution in [0.2, 0.25) is 0 Å². The molecule has 0 spiro atoms. The van der Waals surface area contributed by atoms with E-state index in [-0.39, 0.29) is 19.4 Å². The van der Waals surface area contributed by atoms with Gasteiger partial charge in [0.05, 0.1) is 0 Å². The van der Waals surface area contributed by atoms with Gasteiger partial charge >= 0.3 is 0 Å². The Kier molecular flexibility index (Phi) is 3.45. The van der Waals surface area contributed by atoms with Crippen LogP contribution in [0.25, 0.3) is 12.2 Å². The van der Waals surface area contributed by atoms with Crippen LogP contribution in [0.4, 0.5) is 0 Å². The summed E-state index contributed by atoms with van der Waals surface area (Å²) < 4.78 is 21.4. The predicted octanol–water partition coefficient (Wildman–Crippen LogP) is 3.97. The highest BCUT2D eigenvalue weighted by Gasteiger charge is 2.24. The van der Waals surface area contributed by atoms with Crippen LogP contribution in [-0.4, -0.2) is 19.4 Å². The minimum atomic E-state index is 0.0975. The SMILES string of the molecule is O=C1C(=Cc2ccc3c(c2)OCO3)CC/C1=C\c1ccc2c(c1)OCO2. The number of benzene rings is 2. The summed E-state index contributed by atoms with van der Waals surface area (Å²) in [4.78, 5) is 12.7. The number of allylic oxidation sites excluding steroid dienone is 2. The number of rotatable bonds is 2. The highest BCUT2D eigenvalue weighted by molar-refractivity contribution is 6.15. The zero-order chi connectivity index (χ0) is 17.5. The third-order valence-corrected chi connectivity index (χ3v) is 4.72. The Hall–Kier alpha value is -3.21. The highest BCUT2D eigenvalue weighted by atomic mass is 16.7. The van der Waals surface area contributed by atoms with Gasteiger partial charge in [0.2, 0.25) is 13.6 Å². The number of Topliss-reactive ketones (excluding diaryl/α,β-unsaturated/α-hetero) is 1. The molecule has 5 heteroatoms. The van der Waals surface area contributed by atoms with Gasteiger partial charge in [-0.15, -0.1) is 0 Å². The molecule has 0 radical (unpaired) electrons. The number of ether oxygens (including phenoxy) is 4. The van der Waals surface area contributed by atoms with E-state index in [2.05, 4.69) is 0 Å². The standard InChI is InChI=1S/C21H16O5/c22-21-15(7-13-1-5-17-19(9-13)25-11-23-17)3-4-16(21)8-14-2-6-18-20(10-14)26-12-24-18/h1-2,5-10H,3-4,11-12H2/b15-7+,16-8?. The molecule has 1 fully saturated rings. The Labute approximate surface area is 150 Å². The van der Waals surface area contributed by atoms with Crippen molar-refractivity contribution < 1.29 is 23.7 Å². The molecule has 5 rings (SSSR count). The lowest BCUT2D eigenvalue weighted by Crippen LogP contribution is -1.95. The summed E-state index contributed by atoms with van der Waals surface area (Å²) in [6.45, 7) is 0.493. The maximum absolute atomic E-state index is 12.7. The maximum atomic E-state index is 12.7. The molecule has 1 saturated carbocycles. The normalized spacial score (nSPS) is 20.4. The van der Waals surface area contributed by atoms with Crippen LogP contribution in [0.3, 0.4) is 0 Å². The second-order valence-electron chi connectivity index (χ2n) is 6.39. The second-order valence-corrected chi connectivity index (χ2v) is 6.39. The van der Waals surface area contributed by atoms with E-state index in [1.54, 1.807) is 0 Å². The molecule has 0 atom stereocenters. The van der Waals surface area contributed by atoms with Gasteiger partial charge in [-0.1, -0.05) is 12.1 Å². The summed E-state index contributed by atoms with van der Waals surface area (Å²) in [6.07, 6.45) is 5.35. The Morgan fingerprint density at radius 1 is 0.654 bits per heavy atom. The molecule has 3 aliphatic rings. The Bertz CT molecular complexity index is 893. The topological polar surface area (TPSA) is 54.0 Å². The zero-order valence-corrected chi connectivity index (χ0v) is 14.0. The average Bonchev–Trinajstić information content (AvgIpc) is 3.37. The number of carbonyl (C=O) groups is 1. The summed E-state index contributed by atoms with van der Waals surface area (Å²) in [7, 11) is 0. The van der Waals surface area contributed by atoms with Crippen LogP contribution < -0.4 is 18.9 Å². The molecule has 0 saturated heterocycles. The van der Waals surface area contributed by atoms with Gasteiger partial charge in [-0.2, -0.15) is 0 Å². The van der Waals surface area contributed by atoms with Crippen molar-refractivity contribution in [1.29, 1.82) is 0 Å². The zero-order valence-electron chi connectivity index (χ0n) is 14.0. The van der Waals surface area contributed by atoms with E-state index in [0.29, 0.717) is 0 Å². The molecule has 0 bridgehead atoms. The third kappa shape index (κ3) is 2.62. The fraction of sp³-hybridized carbons (Fsp3) is 0.190.